The first-order valence-corrected chi connectivity index (χ1v) is 8.04. The SMILES string of the molecule is Cc1ccc(C2CNCC3(CCC(C)CC3)O2)c(C)c1. The first-order chi connectivity index (χ1) is 9.58. The molecule has 1 heterocycles. The second-order valence-corrected chi connectivity index (χ2v) is 6.96. The quantitative estimate of drug-likeness (QED) is 0.837. The van der Waals surface area contributed by atoms with Gasteiger partial charge in [0.15, 0.2) is 0 Å². The summed E-state index contributed by atoms with van der Waals surface area (Å²) in [5.41, 5.74) is 4.14. The van der Waals surface area contributed by atoms with Gasteiger partial charge in [-0.15, -0.1) is 0 Å². The summed E-state index contributed by atoms with van der Waals surface area (Å²) in [6, 6.07) is 6.72. The first-order valence-electron chi connectivity index (χ1n) is 8.04. The van der Waals surface area contributed by atoms with Gasteiger partial charge in [0.05, 0.1) is 11.7 Å². The molecule has 0 aromatic heterocycles. The molecule has 1 aliphatic carbocycles. The van der Waals surface area contributed by atoms with Crippen molar-refractivity contribution in [1.82, 2.24) is 5.32 Å². The molecule has 1 atom stereocenters. The summed E-state index contributed by atoms with van der Waals surface area (Å²) in [5.74, 6) is 0.866. The number of benzene rings is 1. The van der Waals surface area contributed by atoms with Gasteiger partial charge in [-0.3, -0.25) is 0 Å². The van der Waals surface area contributed by atoms with Crippen LogP contribution in [0.4, 0.5) is 0 Å². The maximum Gasteiger partial charge on any atom is 0.0959 e. The number of morpholine rings is 1. The Kier molecular flexibility index (Phi) is 3.87. The summed E-state index contributed by atoms with van der Waals surface area (Å²) in [5, 5.41) is 3.63. The van der Waals surface area contributed by atoms with E-state index in [2.05, 4.69) is 44.3 Å². The number of hydrogen-bond acceptors (Lipinski definition) is 2. The Bertz CT molecular complexity index is 474. The summed E-state index contributed by atoms with van der Waals surface area (Å²) >= 11 is 0. The molecule has 0 amide bonds. The number of hydrogen-bond donors (Lipinski definition) is 1. The molecule has 1 aliphatic heterocycles. The van der Waals surface area contributed by atoms with Crippen LogP contribution in [0, 0.1) is 19.8 Å². The van der Waals surface area contributed by atoms with E-state index in [4.69, 9.17) is 4.74 Å². The minimum absolute atomic E-state index is 0.0900. The molecule has 1 aromatic carbocycles. The summed E-state index contributed by atoms with van der Waals surface area (Å²) < 4.78 is 6.61. The van der Waals surface area contributed by atoms with Crippen LogP contribution in [0.15, 0.2) is 18.2 Å². The van der Waals surface area contributed by atoms with E-state index in [1.165, 1.54) is 42.4 Å². The molecular weight excluding hydrogens is 246 g/mol. The van der Waals surface area contributed by atoms with Crippen LogP contribution >= 0.6 is 0 Å². The lowest BCUT2D eigenvalue weighted by atomic mass is 9.78. The highest BCUT2D eigenvalue weighted by Gasteiger charge is 2.40. The lowest BCUT2D eigenvalue weighted by molar-refractivity contribution is -0.140. The second-order valence-electron chi connectivity index (χ2n) is 6.96. The van der Waals surface area contributed by atoms with E-state index in [-0.39, 0.29) is 11.7 Å². The average molecular weight is 273 g/mol. The second kappa shape index (κ2) is 5.50. The third kappa shape index (κ3) is 2.77. The molecule has 1 spiro atoms. The molecule has 3 rings (SSSR count). The van der Waals surface area contributed by atoms with Gasteiger partial charge in [0.25, 0.3) is 0 Å². The van der Waals surface area contributed by atoms with Gasteiger partial charge in [0.2, 0.25) is 0 Å². The minimum Gasteiger partial charge on any atom is -0.364 e. The maximum absolute atomic E-state index is 6.61. The zero-order chi connectivity index (χ0) is 14.2. The molecule has 0 radical (unpaired) electrons. The van der Waals surface area contributed by atoms with Crippen molar-refractivity contribution in [3.05, 3.63) is 34.9 Å². The normalized spacial score (nSPS) is 34.4. The molecule has 2 heteroatoms. The van der Waals surface area contributed by atoms with Crippen LogP contribution in [0.5, 0.6) is 0 Å². The summed E-state index contributed by atoms with van der Waals surface area (Å²) in [6.45, 7) is 8.70. The zero-order valence-corrected chi connectivity index (χ0v) is 13.0. The van der Waals surface area contributed by atoms with Gasteiger partial charge in [-0.1, -0.05) is 30.7 Å². The third-order valence-corrected chi connectivity index (χ3v) is 5.13. The van der Waals surface area contributed by atoms with Gasteiger partial charge >= 0.3 is 0 Å². The van der Waals surface area contributed by atoms with Crippen LogP contribution in [0.25, 0.3) is 0 Å². The van der Waals surface area contributed by atoms with Gasteiger partial charge in [-0.05, 0) is 56.6 Å². The smallest absolute Gasteiger partial charge is 0.0959 e. The Morgan fingerprint density at radius 1 is 1.20 bits per heavy atom. The number of aryl methyl sites for hydroxylation is 2. The monoisotopic (exact) mass is 273 g/mol. The molecule has 1 N–H and O–H groups in total. The predicted octanol–water partition coefficient (Wildman–Crippen LogP) is 3.91. The number of nitrogens with one attached hydrogen (secondary N) is 1. The Morgan fingerprint density at radius 2 is 1.95 bits per heavy atom. The summed E-state index contributed by atoms with van der Waals surface area (Å²) in [6.07, 6.45) is 5.26. The van der Waals surface area contributed by atoms with Crippen molar-refractivity contribution in [2.24, 2.45) is 5.92 Å². The first kappa shape index (κ1) is 14.1. The van der Waals surface area contributed by atoms with Crippen molar-refractivity contribution in [2.45, 2.75) is 58.2 Å². The molecule has 2 aliphatic rings. The Morgan fingerprint density at radius 3 is 2.65 bits per heavy atom. The van der Waals surface area contributed by atoms with Crippen molar-refractivity contribution in [1.29, 1.82) is 0 Å². The largest absolute Gasteiger partial charge is 0.364 e. The van der Waals surface area contributed by atoms with Crippen LogP contribution in [0.3, 0.4) is 0 Å². The van der Waals surface area contributed by atoms with E-state index >= 15 is 0 Å². The fourth-order valence-electron chi connectivity index (χ4n) is 3.76. The lowest BCUT2D eigenvalue weighted by Gasteiger charge is -2.45. The molecular formula is C18H27NO. The van der Waals surface area contributed by atoms with E-state index < -0.39 is 0 Å². The van der Waals surface area contributed by atoms with Gasteiger partial charge < -0.3 is 10.1 Å². The van der Waals surface area contributed by atoms with E-state index in [9.17, 15) is 0 Å². The molecule has 20 heavy (non-hydrogen) atoms. The van der Waals surface area contributed by atoms with Crippen molar-refractivity contribution in [2.75, 3.05) is 13.1 Å². The number of rotatable bonds is 1. The molecule has 1 aromatic rings. The maximum atomic E-state index is 6.61. The highest BCUT2D eigenvalue weighted by Crippen LogP contribution is 2.40. The highest BCUT2D eigenvalue weighted by atomic mass is 16.5. The standard InChI is InChI=1S/C18H27NO/c1-13-6-8-18(9-7-13)12-19-11-17(20-18)16-5-4-14(2)10-15(16)3/h4-5,10,13,17,19H,6-9,11-12H2,1-3H3. The molecule has 2 fully saturated rings. The molecule has 110 valence electrons. The Hall–Kier alpha value is -0.860. The predicted molar refractivity (Wildman–Crippen MR) is 83.0 cm³/mol. The lowest BCUT2D eigenvalue weighted by Crippen LogP contribution is -2.52. The van der Waals surface area contributed by atoms with E-state index in [1.807, 2.05) is 0 Å². The molecule has 2 nitrogen and oxygen atoms in total. The molecule has 1 unspecified atom stereocenters. The van der Waals surface area contributed by atoms with E-state index in [0.717, 1.165) is 19.0 Å². The fourth-order valence-corrected chi connectivity index (χ4v) is 3.76. The van der Waals surface area contributed by atoms with E-state index in [1.54, 1.807) is 0 Å². The average Bonchev–Trinajstić information content (AvgIpc) is 2.43. The topological polar surface area (TPSA) is 21.3 Å². The van der Waals surface area contributed by atoms with Crippen molar-refractivity contribution in [3.63, 3.8) is 0 Å². The van der Waals surface area contributed by atoms with Gasteiger partial charge in [-0.25, -0.2) is 0 Å². The van der Waals surface area contributed by atoms with Crippen LogP contribution in [0.2, 0.25) is 0 Å². The van der Waals surface area contributed by atoms with Crippen LogP contribution in [-0.4, -0.2) is 18.7 Å². The number of ether oxygens (including phenoxy) is 1. The fraction of sp³-hybridized carbons (Fsp3) is 0.667. The van der Waals surface area contributed by atoms with Gasteiger partial charge in [0, 0.05) is 13.1 Å². The Labute approximate surface area is 122 Å². The van der Waals surface area contributed by atoms with Crippen LogP contribution in [-0.2, 0) is 4.74 Å². The zero-order valence-electron chi connectivity index (χ0n) is 13.0. The van der Waals surface area contributed by atoms with Crippen molar-refractivity contribution >= 4 is 0 Å². The minimum atomic E-state index is 0.0900. The molecule has 1 saturated heterocycles. The van der Waals surface area contributed by atoms with Gasteiger partial charge in [0.1, 0.15) is 0 Å². The van der Waals surface area contributed by atoms with Crippen molar-refractivity contribution in [3.8, 4) is 0 Å². The highest BCUT2D eigenvalue weighted by molar-refractivity contribution is 5.32. The molecule has 1 saturated carbocycles. The Balaban J connectivity index is 1.78. The van der Waals surface area contributed by atoms with E-state index in [0.29, 0.717) is 0 Å². The third-order valence-electron chi connectivity index (χ3n) is 5.13. The summed E-state index contributed by atoms with van der Waals surface area (Å²) in [4.78, 5) is 0. The molecule has 0 bridgehead atoms. The summed E-state index contributed by atoms with van der Waals surface area (Å²) in [7, 11) is 0. The van der Waals surface area contributed by atoms with Crippen molar-refractivity contribution < 1.29 is 4.74 Å². The van der Waals surface area contributed by atoms with Crippen LogP contribution in [0.1, 0.15) is 55.4 Å². The van der Waals surface area contributed by atoms with Gasteiger partial charge in [-0.2, -0.15) is 0 Å². The van der Waals surface area contributed by atoms with Crippen LogP contribution < -0.4 is 5.32 Å².